The average molecular weight is 278 g/mol. The number of hydrogen-bond donors (Lipinski definition) is 1. The van der Waals surface area contributed by atoms with E-state index < -0.39 is 11.9 Å². The minimum atomic E-state index is -0.818. The molecule has 1 aromatic rings. The summed E-state index contributed by atoms with van der Waals surface area (Å²) in [6.45, 7) is 4.59. The van der Waals surface area contributed by atoms with Gasteiger partial charge in [0, 0.05) is 38.6 Å². The lowest BCUT2D eigenvalue weighted by Gasteiger charge is -2.31. The summed E-state index contributed by atoms with van der Waals surface area (Å²) in [7, 11) is 0. The summed E-state index contributed by atoms with van der Waals surface area (Å²) in [6.07, 6.45) is 3.65. The second kappa shape index (κ2) is 4.81. The summed E-state index contributed by atoms with van der Waals surface area (Å²) in [5.74, 6) is -0.387. The topological polar surface area (TPSA) is 78.7 Å². The first-order chi connectivity index (χ1) is 9.56. The van der Waals surface area contributed by atoms with Gasteiger partial charge in [-0.3, -0.25) is 4.79 Å². The molecule has 2 aliphatic heterocycles. The first-order valence-electron chi connectivity index (χ1n) is 6.83. The molecule has 1 saturated heterocycles. The molecule has 0 radical (unpaired) electrons. The molecule has 3 rings (SSSR count). The van der Waals surface area contributed by atoms with Crippen LogP contribution in [0.1, 0.15) is 12.7 Å². The molecular formula is C13H18N4O3. The fourth-order valence-electron chi connectivity index (χ4n) is 2.98. The van der Waals surface area contributed by atoms with Crippen LogP contribution in [0.4, 0.5) is 4.79 Å². The molecule has 2 aliphatic rings. The van der Waals surface area contributed by atoms with E-state index in [0.717, 1.165) is 12.4 Å². The van der Waals surface area contributed by atoms with Crippen molar-refractivity contribution in [3.8, 4) is 0 Å². The van der Waals surface area contributed by atoms with Gasteiger partial charge in [0.05, 0.1) is 12.5 Å². The van der Waals surface area contributed by atoms with E-state index in [0.29, 0.717) is 26.2 Å². The third kappa shape index (κ3) is 2.13. The van der Waals surface area contributed by atoms with Crippen LogP contribution in [-0.4, -0.2) is 56.1 Å². The van der Waals surface area contributed by atoms with Gasteiger partial charge >= 0.3 is 12.0 Å². The highest BCUT2D eigenvalue weighted by atomic mass is 16.4. The molecule has 2 atom stereocenters. The SMILES string of the molecule is CC1CN(C(=O)N2CCn3ccnc3C2)CC1C(=O)O. The Morgan fingerprint density at radius 1 is 1.30 bits per heavy atom. The van der Waals surface area contributed by atoms with E-state index in [1.165, 1.54) is 0 Å². The van der Waals surface area contributed by atoms with Crippen LogP contribution in [0.5, 0.6) is 0 Å². The van der Waals surface area contributed by atoms with Gasteiger partial charge in [-0.25, -0.2) is 9.78 Å². The van der Waals surface area contributed by atoms with Crippen LogP contribution < -0.4 is 0 Å². The smallest absolute Gasteiger partial charge is 0.320 e. The van der Waals surface area contributed by atoms with Crippen molar-refractivity contribution < 1.29 is 14.7 Å². The van der Waals surface area contributed by atoms with E-state index in [1.807, 2.05) is 17.7 Å². The Morgan fingerprint density at radius 2 is 2.10 bits per heavy atom. The molecule has 108 valence electrons. The lowest BCUT2D eigenvalue weighted by Crippen LogP contribution is -2.45. The Bertz CT molecular complexity index is 541. The monoisotopic (exact) mass is 278 g/mol. The third-order valence-corrected chi connectivity index (χ3v) is 4.22. The largest absolute Gasteiger partial charge is 0.481 e. The maximum Gasteiger partial charge on any atom is 0.320 e. The van der Waals surface area contributed by atoms with Gasteiger partial charge in [0.25, 0.3) is 0 Å². The van der Waals surface area contributed by atoms with E-state index in [4.69, 9.17) is 5.11 Å². The summed E-state index contributed by atoms with van der Waals surface area (Å²) < 4.78 is 2.04. The molecule has 7 nitrogen and oxygen atoms in total. The number of carboxylic acids is 1. The molecule has 0 saturated carbocycles. The van der Waals surface area contributed by atoms with Crippen molar-refractivity contribution >= 4 is 12.0 Å². The molecule has 2 unspecified atom stereocenters. The van der Waals surface area contributed by atoms with Crippen molar-refractivity contribution in [2.24, 2.45) is 11.8 Å². The van der Waals surface area contributed by atoms with Crippen molar-refractivity contribution in [2.45, 2.75) is 20.0 Å². The van der Waals surface area contributed by atoms with Crippen LogP contribution in [0, 0.1) is 11.8 Å². The van der Waals surface area contributed by atoms with E-state index in [1.54, 1.807) is 16.0 Å². The fraction of sp³-hybridized carbons (Fsp3) is 0.615. The molecule has 0 aromatic carbocycles. The average Bonchev–Trinajstić information content (AvgIpc) is 3.02. The highest BCUT2D eigenvalue weighted by molar-refractivity contribution is 5.77. The number of carboxylic acid groups (broad SMARTS) is 1. The standard InChI is InChI=1S/C13H18N4O3/c1-9-6-17(7-10(9)12(18)19)13(20)16-5-4-15-3-2-14-11(15)8-16/h2-3,9-10H,4-8H2,1H3,(H,18,19). The number of amides is 2. The first-order valence-corrected chi connectivity index (χ1v) is 6.83. The van der Waals surface area contributed by atoms with E-state index in [9.17, 15) is 9.59 Å². The number of hydrogen-bond acceptors (Lipinski definition) is 3. The van der Waals surface area contributed by atoms with Crippen LogP contribution in [0.25, 0.3) is 0 Å². The number of carbonyl (C=O) groups excluding carboxylic acids is 1. The van der Waals surface area contributed by atoms with Crippen LogP contribution >= 0.6 is 0 Å². The minimum absolute atomic E-state index is 0.00299. The van der Waals surface area contributed by atoms with Gasteiger partial charge < -0.3 is 19.5 Å². The van der Waals surface area contributed by atoms with Crippen LogP contribution in [-0.2, 0) is 17.9 Å². The van der Waals surface area contributed by atoms with Crippen molar-refractivity contribution in [2.75, 3.05) is 19.6 Å². The molecule has 1 aromatic heterocycles. The number of aromatic nitrogens is 2. The zero-order valence-corrected chi connectivity index (χ0v) is 11.4. The minimum Gasteiger partial charge on any atom is -0.481 e. The number of imidazole rings is 1. The molecule has 20 heavy (non-hydrogen) atoms. The molecule has 3 heterocycles. The molecule has 1 fully saturated rings. The van der Waals surface area contributed by atoms with Gasteiger partial charge in [-0.05, 0) is 5.92 Å². The second-order valence-corrected chi connectivity index (χ2v) is 5.57. The number of rotatable bonds is 1. The maximum atomic E-state index is 12.5. The Labute approximate surface area is 116 Å². The van der Waals surface area contributed by atoms with Crippen molar-refractivity contribution in [3.05, 3.63) is 18.2 Å². The van der Waals surface area contributed by atoms with Gasteiger partial charge in [-0.2, -0.15) is 0 Å². The highest BCUT2D eigenvalue weighted by Gasteiger charge is 2.38. The summed E-state index contributed by atoms with van der Waals surface area (Å²) in [6, 6.07) is -0.0742. The van der Waals surface area contributed by atoms with Gasteiger partial charge in [-0.15, -0.1) is 0 Å². The van der Waals surface area contributed by atoms with Gasteiger partial charge in [0.15, 0.2) is 0 Å². The number of aliphatic carboxylic acids is 1. The van der Waals surface area contributed by atoms with E-state index >= 15 is 0 Å². The molecule has 1 N–H and O–H groups in total. The predicted octanol–water partition coefficient (Wildman–Crippen LogP) is 0.471. The highest BCUT2D eigenvalue weighted by Crippen LogP contribution is 2.25. The normalized spacial score (nSPS) is 25.6. The number of carbonyl (C=O) groups is 2. The summed E-state index contributed by atoms with van der Waals surface area (Å²) >= 11 is 0. The van der Waals surface area contributed by atoms with E-state index in [2.05, 4.69) is 4.98 Å². The Balaban J connectivity index is 1.67. The van der Waals surface area contributed by atoms with Crippen molar-refractivity contribution in [1.29, 1.82) is 0 Å². The zero-order valence-electron chi connectivity index (χ0n) is 11.4. The molecule has 0 bridgehead atoms. The molecular weight excluding hydrogens is 260 g/mol. The van der Waals surface area contributed by atoms with Crippen LogP contribution in [0.15, 0.2) is 12.4 Å². The quantitative estimate of drug-likeness (QED) is 0.810. The Hall–Kier alpha value is -2.05. The lowest BCUT2D eigenvalue weighted by molar-refractivity contribution is -0.142. The second-order valence-electron chi connectivity index (χ2n) is 5.57. The zero-order chi connectivity index (χ0) is 14.3. The predicted molar refractivity (Wildman–Crippen MR) is 69.9 cm³/mol. The molecule has 0 spiro atoms. The van der Waals surface area contributed by atoms with Crippen molar-refractivity contribution in [3.63, 3.8) is 0 Å². The van der Waals surface area contributed by atoms with Crippen LogP contribution in [0.3, 0.4) is 0 Å². The molecule has 7 heteroatoms. The molecule has 0 aliphatic carbocycles. The van der Waals surface area contributed by atoms with Crippen LogP contribution in [0.2, 0.25) is 0 Å². The van der Waals surface area contributed by atoms with Crippen molar-refractivity contribution in [1.82, 2.24) is 19.4 Å². The lowest BCUT2D eigenvalue weighted by atomic mass is 9.99. The first kappa shape index (κ1) is 13.0. The third-order valence-electron chi connectivity index (χ3n) is 4.22. The summed E-state index contributed by atoms with van der Waals surface area (Å²) in [4.78, 5) is 31.2. The number of nitrogens with zero attached hydrogens (tertiary/aromatic N) is 4. The van der Waals surface area contributed by atoms with Gasteiger partial charge in [0.1, 0.15) is 5.82 Å². The maximum absolute atomic E-state index is 12.5. The van der Waals surface area contributed by atoms with E-state index in [-0.39, 0.29) is 11.9 Å². The number of urea groups is 1. The Morgan fingerprint density at radius 3 is 2.80 bits per heavy atom. The summed E-state index contributed by atoms with van der Waals surface area (Å²) in [5, 5.41) is 9.13. The molecule has 2 amide bonds. The number of likely N-dealkylation sites (tertiary alicyclic amines) is 1. The van der Waals surface area contributed by atoms with Gasteiger partial charge in [0.2, 0.25) is 0 Å². The Kier molecular flexibility index (Phi) is 3.11. The summed E-state index contributed by atoms with van der Waals surface area (Å²) in [5.41, 5.74) is 0. The fourth-order valence-corrected chi connectivity index (χ4v) is 2.98. The number of fused-ring (bicyclic) bond motifs is 1. The van der Waals surface area contributed by atoms with Gasteiger partial charge in [-0.1, -0.05) is 6.92 Å².